The van der Waals surface area contributed by atoms with Crippen molar-refractivity contribution in [2.24, 2.45) is 10.8 Å². The van der Waals surface area contributed by atoms with Gasteiger partial charge in [0.15, 0.2) is 5.88 Å². The van der Waals surface area contributed by atoms with Crippen LogP contribution < -0.4 is 10.9 Å². The van der Waals surface area contributed by atoms with E-state index in [0.29, 0.717) is 39.1 Å². The number of aromatic amines is 1. The summed E-state index contributed by atoms with van der Waals surface area (Å²) in [6.07, 6.45) is 0. The van der Waals surface area contributed by atoms with E-state index < -0.39 is 5.97 Å². The SMILES string of the molecule is CC(=Nc1ccc(C(=O)N(N)c2ccccc2)cc1)c1c(O)[nH]c2ccc(C(=O)O)cc12. The lowest BCUT2D eigenvalue weighted by molar-refractivity contribution is 0.0696. The minimum absolute atomic E-state index is 0.0998. The highest BCUT2D eigenvalue weighted by Gasteiger charge is 2.17. The molecule has 0 radical (unpaired) electrons. The van der Waals surface area contributed by atoms with Gasteiger partial charge in [-0.1, -0.05) is 18.2 Å². The first-order chi connectivity index (χ1) is 15.3. The van der Waals surface area contributed by atoms with Crippen molar-refractivity contribution in [1.82, 2.24) is 4.98 Å². The second-order valence-corrected chi connectivity index (χ2v) is 7.17. The third-order valence-corrected chi connectivity index (χ3v) is 5.05. The molecule has 0 aliphatic carbocycles. The molecular formula is C24H20N4O4. The molecule has 1 amide bonds. The van der Waals surface area contributed by atoms with Crippen LogP contribution in [0.5, 0.6) is 5.88 Å². The number of aromatic hydroxyl groups is 1. The van der Waals surface area contributed by atoms with E-state index in [1.165, 1.54) is 12.1 Å². The number of hydrogen-bond donors (Lipinski definition) is 4. The van der Waals surface area contributed by atoms with E-state index in [2.05, 4.69) is 9.98 Å². The number of carboxylic acid groups (broad SMARTS) is 1. The molecule has 0 spiro atoms. The number of benzene rings is 3. The summed E-state index contributed by atoms with van der Waals surface area (Å²) in [5.74, 6) is 4.42. The number of nitrogens with zero attached hydrogens (tertiary/aromatic N) is 2. The van der Waals surface area contributed by atoms with E-state index in [-0.39, 0.29) is 17.4 Å². The zero-order valence-electron chi connectivity index (χ0n) is 17.1. The average molecular weight is 428 g/mol. The third kappa shape index (κ3) is 3.94. The Morgan fingerprint density at radius 3 is 2.28 bits per heavy atom. The minimum Gasteiger partial charge on any atom is -0.494 e. The summed E-state index contributed by atoms with van der Waals surface area (Å²) >= 11 is 0. The number of carbonyl (C=O) groups excluding carboxylic acids is 1. The van der Waals surface area contributed by atoms with Gasteiger partial charge in [0, 0.05) is 16.5 Å². The highest BCUT2D eigenvalue weighted by molar-refractivity contribution is 6.13. The number of hydrogen-bond acceptors (Lipinski definition) is 5. The van der Waals surface area contributed by atoms with Gasteiger partial charge in [0.25, 0.3) is 5.91 Å². The largest absolute Gasteiger partial charge is 0.494 e. The molecule has 3 aromatic carbocycles. The second kappa shape index (κ2) is 8.37. The molecule has 1 aromatic heterocycles. The standard InChI is InChI=1S/C24H20N4O4/c1-14(21-19-13-16(24(31)32)9-12-20(19)27-22(21)29)26-17-10-7-15(8-11-17)23(30)28(25)18-5-3-2-4-6-18/h2-13,27,29H,25H2,1H3,(H,31,32). The number of para-hydroxylation sites is 1. The van der Waals surface area contributed by atoms with E-state index in [1.807, 2.05) is 6.07 Å². The van der Waals surface area contributed by atoms with Crippen molar-refractivity contribution in [3.05, 3.63) is 89.5 Å². The first-order valence-electron chi connectivity index (χ1n) is 9.73. The van der Waals surface area contributed by atoms with E-state index in [9.17, 15) is 19.8 Å². The first kappa shape index (κ1) is 20.8. The Morgan fingerprint density at radius 2 is 1.62 bits per heavy atom. The molecule has 0 atom stereocenters. The van der Waals surface area contributed by atoms with Gasteiger partial charge < -0.3 is 15.2 Å². The van der Waals surface area contributed by atoms with Crippen LogP contribution in [0, 0.1) is 0 Å². The molecule has 160 valence electrons. The molecule has 32 heavy (non-hydrogen) atoms. The lowest BCUT2D eigenvalue weighted by atomic mass is 10.1. The van der Waals surface area contributed by atoms with Crippen LogP contribution in [0.2, 0.25) is 0 Å². The number of hydrazine groups is 1. The van der Waals surface area contributed by atoms with Gasteiger partial charge in [0.1, 0.15) is 0 Å². The topological polar surface area (TPSA) is 132 Å². The van der Waals surface area contributed by atoms with Crippen molar-refractivity contribution in [3.63, 3.8) is 0 Å². The zero-order valence-corrected chi connectivity index (χ0v) is 17.1. The summed E-state index contributed by atoms with van der Waals surface area (Å²) in [6.45, 7) is 1.71. The molecule has 0 aliphatic heterocycles. The Morgan fingerprint density at radius 1 is 0.969 bits per heavy atom. The van der Waals surface area contributed by atoms with E-state index in [4.69, 9.17) is 5.84 Å². The zero-order chi connectivity index (χ0) is 22.8. The molecule has 0 saturated heterocycles. The van der Waals surface area contributed by atoms with Gasteiger partial charge in [-0.25, -0.2) is 15.6 Å². The number of aromatic nitrogens is 1. The van der Waals surface area contributed by atoms with Crippen molar-refractivity contribution in [2.45, 2.75) is 6.92 Å². The molecular weight excluding hydrogens is 408 g/mol. The molecule has 0 unspecified atom stereocenters. The molecule has 0 fully saturated rings. The van der Waals surface area contributed by atoms with Gasteiger partial charge in [-0.2, -0.15) is 0 Å². The van der Waals surface area contributed by atoms with Gasteiger partial charge in [-0.05, 0) is 61.5 Å². The Kier molecular flexibility index (Phi) is 5.44. The van der Waals surface area contributed by atoms with E-state index in [0.717, 1.165) is 5.01 Å². The molecule has 0 aliphatic rings. The lowest BCUT2D eigenvalue weighted by Gasteiger charge is -2.16. The van der Waals surface area contributed by atoms with Crippen LogP contribution >= 0.6 is 0 Å². The minimum atomic E-state index is -1.06. The van der Waals surface area contributed by atoms with Crippen molar-refractivity contribution in [3.8, 4) is 5.88 Å². The number of fused-ring (bicyclic) bond motifs is 1. The van der Waals surface area contributed by atoms with E-state index in [1.54, 1.807) is 61.5 Å². The fraction of sp³-hybridized carbons (Fsp3) is 0.0417. The number of amides is 1. The lowest BCUT2D eigenvalue weighted by Crippen LogP contribution is -2.37. The van der Waals surface area contributed by atoms with Gasteiger partial charge in [0.05, 0.1) is 28.2 Å². The summed E-state index contributed by atoms with van der Waals surface area (Å²) in [6, 6.07) is 20.0. The molecule has 1 heterocycles. The number of nitrogens with one attached hydrogen (secondary N) is 1. The first-order valence-corrected chi connectivity index (χ1v) is 9.73. The smallest absolute Gasteiger partial charge is 0.335 e. The molecule has 5 N–H and O–H groups in total. The average Bonchev–Trinajstić information content (AvgIpc) is 3.14. The number of rotatable bonds is 5. The number of carboxylic acids is 1. The maximum Gasteiger partial charge on any atom is 0.335 e. The van der Waals surface area contributed by atoms with Crippen molar-refractivity contribution in [1.29, 1.82) is 0 Å². The Hall–Kier alpha value is -4.43. The molecule has 4 rings (SSSR count). The van der Waals surface area contributed by atoms with Crippen molar-refractivity contribution >= 4 is 39.9 Å². The molecule has 0 saturated carbocycles. The summed E-state index contributed by atoms with van der Waals surface area (Å²) in [5, 5.41) is 21.2. The monoisotopic (exact) mass is 428 g/mol. The normalized spacial score (nSPS) is 11.5. The summed E-state index contributed by atoms with van der Waals surface area (Å²) < 4.78 is 0. The molecule has 0 bridgehead atoms. The summed E-state index contributed by atoms with van der Waals surface area (Å²) in [5.41, 5.74) is 3.14. The van der Waals surface area contributed by atoms with Crippen LogP contribution in [-0.4, -0.2) is 32.8 Å². The molecule has 8 heteroatoms. The van der Waals surface area contributed by atoms with E-state index >= 15 is 0 Å². The van der Waals surface area contributed by atoms with Gasteiger partial charge in [-0.3, -0.25) is 9.79 Å². The Labute approximate surface area is 183 Å². The van der Waals surface area contributed by atoms with Crippen LogP contribution in [0.4, 0.5) is 11.4 Å². The fourth-order valence-corrected chi connectivity index (χ4v) is 3.45. The van der Waals surface area contributed by atoms with Crippen molar-refractivity contribution in [2.75, 3.05) is 5.01 Å². The quantitative estimate of drug-likeness (QED) is 0.163. The van der Waals surface area contributed by atoms with Crippen LogP contribution in [0.15, 0.2) is 77.8 Å². The molecule has 4 aromatic rings. The van der Waals surface area contributed by atoms with Gasteiger partial charge >= 0.3 is 5.97 Å². The number of aromatic carboxylic acids is 1. The van der Waals surface area contributed by atoms with Gasteiger partial charge in [-0.15, -0.1) is 0 Å². The Balaban J connectivity index is 1.62. The highest BCUT2D eigenvalue weighted by atomic mass is 16.4. The predicted molar refractivity (Wildman–Crippen MR) is 123 cm³/mol. The van der Waals surface area contributed by atoms with Crippen LogP contribution in [0.25, 0.3) is 10.9 Å². The second-order valence-electron chi connectivity index (χ2n) is 7.17. The predicted octanol–water partition coefficient (Wildman–Crippen LogP) is 4.23. The molecule has 8 nitrogen and oxygen atoms in total. The number of H-pyrrole nitrogens is 1. The number of carbonyl (C=O) groups is 2. The van der Waals surface area contributed by atoms with Crippen LogP contribution in [0.1, 0.15) is 33.2 Å². The maximum absolute atomic E-state index is 12.6. The van der Waals surface area contributed by atoms with Crippen LogP contribution in [0.3, 0.4) is 0 Å². The summed E-state index contributed by atoms with van der Waals surface area (Å²) in [4.78, 5) is 31.3. The summed E-state index contributed by atoms with van der Waals surface area (Å²) in [7, 11) is 0. The number of anilines is 1. The van der Waals surface area contributed by atoms with Crippen molar-refractivity contribution < 1.29 is 19.8 Å². The Bertz CT molecular complexity index is 1340. The fourth-order valence-electron chi connectivity index (χ4n) is 3.45. The van der Waals surface area contributed by atoms with Gasteiger partial charge in [0.2, 0.25) is 0 Å². The number of nitrogens with two attached hydrogens (primary N) is 1. The highest BCUT2D eigenvalue weighted by Crippen LogP contribution is 2.30. The van der Waals surface area contributed by atoms with Crippen LogP contribution in [-0.2, 0) is 0 Å². The third-order valence-electron chi connectivity index (χ3n) is 5.05. The number of aliphatic imine (C=N–C) groups is 1. The maximum atomic E-state index is 12.6.